The van der Waals surface area contributed by atoms with E-state index in [4.69, 9.17) is 0 Å². The number of hydrogen-bond donors (Lipinski definition) is 1. The fourth-order valence-electron chi connectivity index (χ4n) is 1.90. The first-order valence-electron chi connectivity index (χ1n) is 5.36. The topological polar surface area (TPSA) is 12.0 Å². The van der Waals surface area contributed by atoms with Crippen LogP contribution in [0.1, 0.15) is 30.9 Å². The fourth-order valence-corrected chi connectivity index (χ4v) is 1.90. The summed E-state index contributed by atoms with van der Waals surface area (Å²) in [6.45, 7) is 5.32. The SMILES string of the molecule is CCNc1cccc(C2=CCC2)c1C. The van der Waals surface area contributed by atoms with E-state index in [1.807, 2.05) is 0 Å². The molecule has 1 N–H and O–H groups in total. The summed E-state index contributed by atoms with van der Waals surface area (Å²) in [5.74, 6) is 0. The lowest BCUT2D eigenvalue weighted by Gasteiger charge is -2.19. The van der Waals surface area contributed by atoms with Crippen LogP contribution in [0.5, 0.6) is 0 Å². The van der Waals surface area contributed by atoms with Crippen molar-refractivity contribution < 1.29 is 0 Å². The van der Waals surface area contributed by atoms with Crippen molar-refractivity contribution in [2.45, 2.75) is 26.7 Å². The van der Waals surface area contributed by atoms with Gasteiger partial charge in [0.15, 0.2) is 0 Å². The first kappa shape index (κ1) is 9.32. The van der Waals surface area contributed by atoms with E-state index in [2.05, 4.69) is 43.4 Å². The Hall–Kier alpha value is -1.24. The average molecular weight is 187 g/mol. The lowest BCUT2D eigenvalue weighted by molar-refractivity contribution is 0.985. The van der Waals surface area contributed by atoms with Crippen LogP contribution in [0, 0.1) is 6.92 Å². The van der Waals surface area contributed by atoms with Gasteiger partial charge in [-0.1, -0.05) is 18.2 Å². The van der Waals surface area contributed by atoms with Crippen molar-refractivity contribution >= 4 is 11.3 Å². The molecular weight excluding hydrogens is 170 g/mol. The first-order valence-corrected chi connectivity index (χ1v) is 5.36. The van der Waals surface area contributed by atoms with Gasteiger partial charge in [-0.3, -0.25) is 0 Å². The zero-order chi connectivity index (χ0) is 9.97. The number of anilines is 1. The fraction of sp³-hybridized carbons (Fsp3) is 0.385. The molecule has 0 saturated carbocycles. The van der Waals surface area contributed by atoms with Crippen molar-refractivity contribution in [3.05, 3.63) is 35.4 Å². The van der Waals surface area contributed by atoms with E-state index in [1.165, 1.54) is 35.2 Å². The maximum absolute atomic E-state index is 3.39. The zero-order valence-corrected chi connectivity index (χ0v) is 8.93. The summed E-state index contributed by atoms with van der Waals surface area (Å²) in [6.07, 6.45) is 4.83. The van der Waals surface area contributed by atoms with E-state index in [1.54, 1.807) is 0 Å². The van der Waals surface area contributed by atoms with Crippen LogP contribution in [-0.2, 0) is 0 Å². The summed E-state index contributed by atoms with van der Waals surface area (Å²) in [5, 5.41) is 3.39. The second kappa shape index (κ2) is 3.87. The van der Waals surface area contributed by atoms with Gasteiger partial charge in [0.1, 0.15) is 0 Å². The maximum atomic E-state index is 3.39. The molecule has 1 aliphatic rings. The van der Waals surface area contributed by atoms with Gasteiger partial charge in [0.2, 0.25) is 0 Å². The van der Waals surface area contributed by atoms with Crippen molar-refractivity contribution in [1.29, 1.82) is 0 Å². The molecule has 0 saturated heterocycles. The van der Waals surface area contributed by atoms with Crippen molar-refractivity contribution in [2.75, 3.05) is 11.9 Å². The third kappa shape index (κ3) is 1.54. The highest BCUT2D eigenvalue weighted by Gasteiger charge is 2.11. The van der Waals surface area contributed by atoms with Crippen molar-refractivity contribution in [3.63, 3.8) is 0 Å². The predicted octanol–water partition coefficient (Wildman–Crippen LogP) is 3.60. The van der Waals surface area contributed by atoms with Gasteiger partial charge < -0.3 is 5.32 Å². The summed E-state index contributed by atoms with van der Waals surface area (Å²) in [7, 11) is 0. The van der Waals surface area contributed by atoms with Crippen LogP contribution in [0.4, 0.5) is 5.69 Å². The van der Waals surface area contributed by atoms with Gasteiger partial charge in [-0.25, -0.2) is 0 Å². The molecular formula is C13H17N. The smallest absolute Gasteiger partial charge is 0.0375 e. The second-order valence-electron chi connectivity index (χ2n) is 3.78. The number of benzene rings is 1. The minimum atomic E-state index is 0.989. The molecule has 1 nitrogen and oxygen atoms in total. The summed E-state index contributed by atoms with van der Waals surface area (Å²) >= 11 is 0. The molecule has 0 bridgehead atoms. The lowest BCUT2D eigenvalue weighted by Crippen LogP contribution is -2.02. The highest BCUT2D eigenvalue weighted by atomic mass is 14.9. The van der Waals surface area contributed by atoms with Crippen LogP contribution >= 0.6 is 0 Å². The number of hydrogen-bond acceptors (Lipinski definition) is 1. The molecule has 0 aliphatic heterocycles. The first-order chi connectivity index (χ1) is 6.83. The highest BCUT2D eigenvalue weighted by Crippen LogP contribution is 2.33. The highest BCUT2D eigenvalue weighted by molar-refractivity contribution is 5.75. The molecule has 0 unspecified atom stereocenters. The Kier molecular flexibility index (Phi) is 2.58. The van der Waals surface area contributed by atoms with Crippen molar-refractivity contribution in [1.82, 2.24) is 0 Å². The minimum Gasteiger partial charge on any atom is -0.385 e. The standard InChI is InChI=1S/C13H17N/c1-3-14-13-9-5-8-12(10(13)2)11-6-4-7-11/h5-6,8-9,14H,3-4,7H2,1-2H3. The number of nitrogens with one attached hydrogen (secondary N) is 1. The van der Waals surface area contributed by atoms with E-state index in [0.717, 1.165) is 6.54 Å². The Bertz CT molecular complexity index is 363. The van der Waals surface area contributed by atoms with E-state index in [0.29, 0.717) is 0 Å². The van der Waals surface area contributed by atoms with E-state index < -0.39 is 0 Å². The number of rotatable bonds is 3. The van der Waals surface area contributed by atoms with Crippen LogP contribution in [0.2, 0.25) is 0 Å². The molecule has 0 atom stereocenters. The van der Waals surface area contributed by atoms with E-state index in [-0.39, 0.29) is 0 Å². The molecule has 0 radical (unpaired) electrons. The molecule has 14 heavy (non-hydrogen) atoms. The minimum absolute atomic E-state index is 0.989. The van der Waals surface area contributed by atoms with Crippen LogP contribution < -0.4 is 5.32 Å². The molecule has 1 heteroatoms. The van der Waals surface area contributed by atoms with E-state index >= 15 is 0 Å². The Balaban J connectivity index is 2.36. The maximum Gasteiger partial charge on any atom is 0.0375 e. The lowest BCUT2D eigenvalue weighted by atomic mass is 9.89. The molecule has 0 aromatic heterocycles. The summed E-state index contributed by atoms with van der Waals surface area (Å²) in [4.78, 5) is 0. The molecule has 1 aliphatic carbocycles. The summed E-state index contributed by atoms with van der Waals surface area (Å²) < 4.78 is 0. The summed E-state index contributed by atoms with van der Waals surface area (Å²) in [5.41, 5.74) is 5.61. The van der Waals surface area contributed by atoms with Crippen LogP contribution in [0.25, 0.3) is 5.57 Å². The van der Waals surface area contributed by atoms with Crippen molar-refractivity contribution in [3.8, 4) is 0 Å². The predicted molar refractivity (Wildman–Crippen MR) is 62.6 cm³/mol. The Labute approximate surface area is 85.8 Å². The van der Waals surface area contributed by atoms with E-state index in [9.17, 15) is 0 Å². The van der Waals surface area contributed by atoms with Crippen LogP contribution in [0.15, 0.2) is 24.3 Å². The van der Waals surface area contributed by atoms with Crippen LogP contribution in [-0.4, -0.2) is 6.54 Å². The van der Waals surface area contributed by atoms with Crippen molar-refractivity contribution in [2.24, 2.45) is 0 Å². The van der Waals surface area contributed by atoms with Gasteiger partial charge in [0.25, 0.3) is 0 Å². The Morgan fingerprint density at radius 3 is 2.71 bits per heavy atom. The largest absolute Gasteiger partial charge is 0.385 e. The molecule has 0 amide bonds. The second-order valence-corrected chi connectivity index (χ2v) is 3.78. The summed E-state index contributed by atoms with van der Waals surface area (Å²) in [6, 6.07) is 6.52. The van der Waals surface area contributed by atoms with Gasteiger partial charge in [-0.2, -0.15) is 0 Å². The molecule has 0 fully saturated rings. The van der Waals surface area contributed by atoms with Gasteiger partial charge >= 0.3 is 0 Å². The third-order valence-electron chi connectivity index (χ3n) is 2.85. The molecule has 1 aromatic rings. The zero-order valence-electron chi connectivity index (χ0n) is 8.93. The monoisotopic (exact) mass is 187 g/mol. The number of allylic oxidation sites excluding steroid dienone is 2. The molecule has 0 spiro atoms. The Morgan fingerprint density at radius 2 is 2.14 bits per heavy atom. The Morgan fingerprint density at radius 1 is 1.36 bits per heavy atom. The third-order valence-corrected chi connectivity index (χ3v) is 2.85. The normalized spacial score (nSPS) is 14.6. The molecule has 1 aromatic carbocycles. The molecule has 2 rings (SSSR count). The van der Waals surface area contributed by atoms with Gasteiger partial charge in [0, 0.05) is 12.2 Å². The van der Waals surface area contributed by atoms with Gasteiger partial charge in [0.05, 0.1) is 0 Å². The molecule has 0 heterocycles. The van der Waals surface area contributed by atoms with Gasteiger partial charge in [-0.05, 0) is 49.5 Å². The van der Waals surface area contributed by atoms with Gasteiger partial charge in [-0.15, -0.1) is 0 Å². The van der Waals surface area contributed by atoms with Crippen LogP contribution in [0.3, 0.4) is 0 Å². The molecule has 74 valence electrons. The average Bonchev–Trinajstić information content (AvgIpc) is 2.09. The quantitative estimate of drug-likeness (QED) is 0.762.